The number of hydrogen-bond acceptors (Lipinski definition) is 1. The molecule has 0 amide bonds. The van der Waals surface area contributed by atoms with Gasteiger partial charge in [0.05, 0.1) is 11.0 Å². The van der Waals surface area contributed by atoms with Gasteiger partial charge >= 0.3 is 0 Å². The molecule has 0 spiro atoms. The Labute approximate surface area is 128 Å². The SMILES string of the molecule is CC(C)n1c(C(F)c2ccccc2Cl)nc2ccccc21. The zero-order chi connectivity index (χ0) is 15.0. The molecule has 0 fully saturated rings. The van der Waals surface area contributed by atoms with Gasteiger partial charge < -0.3 is 4.57 Å². The second kappa shape index (κ2) is 5.49. The molecule has 2 nitrogen and oxygen atoms in total. The summed E-state index contributed by atoms with van der Waals surface area (Å²) in [4.78, 5) is 4.48. The van der Waals surface area contributed by atoms with Crippen LogP contribution in [0.5, 0.6) is 0 Å². The van der Waals surface area contributed by atoms with Gasteiger partial charge in [0.2, 0.25) is 0 Å². The Morgan fingerprint density at radius 1 is 1.05 bits per heavy atom. The molecule has 0 radical (unpaired) electrons. The topological polar surface area (TPSA) is 17.8 Å². The zero-order valence-electron chi connectivity index (χ0n) is 11.9. The number of imidazole rings is 1. The van der Waals surface area contributed by atoms with E-state index in [9.17, 15) is 0 Å². The van der Waals surface area contributed by atoms with Crippen LogP contribution in [0.4, 0.5) is 4.39 Å². The van der Waals surface area contributed by atoms with Crippen molar-refractivity contribution in [2.24, 2.45) is 0 Å². The van der Waals surface area contributed by atoms with E-state index in [0.717, 1.165) is 11.0 Å². The summed E-state index contributed by atoms with van der Waals surface area (Å²) < 4.78 is 17.0. The van der Waals surface area contributed by atoms with Crippen molar-refractivity contribution in [3.05, 3.63) is 64.9 Å². The van der Waals surface area contributed by atoms with Gasteiger partial charge in [-0.05, 0) is 32.0 Å². The van der Waals surface area contributed by atoms with Gasteiger partial charge in [0.25, 0.3) is 0 Å². The maximum absolute atomic E-state index is 15.0. The second-order valence-electron chi connectivity index (χ2n) is 5.31. The van der Waals surface area contributed by atoms with Crippen LogP contribution in [-0.4, -0.2) is 9.55 Å². The predicted octanol–water partition coefficient (Wildman–Crippen LogP) is 5.33. The Morgan fingerprint density at radius 2 is 1.71 bits per heavy atom. The molecule has 0 aliphatic carbocycles. The Kier molecular flexibility index (Phi) is 3.68. The third-order valence-corrected chi connectivity index (χ3v) is 3.89. The molecule has 0 saturated heterocycles. The minimum Gasteiger partial charge on any atom is -0.323 e. The quantitative estimate of drug-likeness (QED) is 0.639. The first-order valence-electron chi connectivity index (χ1n) is 6.95. The fourth-order valence-corrected chi connectivity index (χ4v) is 2.84. The summed E-state index contributed by atoms with van der Waals surface area (Å²) in [5.74, 6) is 0.402. The van der Waals surface area contributed by atoms with E-state index in [0.29, 0.717) is 16.4 Å². The molecule has 21 heavy (non-hydrogen) atoms. The molecule has 0 bridgehead atoms. The standard InChI is InChI=1S/C17H16ClFN2/c1-11(2)21-15-10-6-5-9-14(15)20-17(21)16(19)12-7-3-4-8-13(12)18/h3-11,16H,1-2H3. The molecule has 3 aromatic rings. The van der Waals surface area contributed by atoms with E-state index in [4.69, 9.17) is 11.6 Å². The monoisotopic (exact) mass is 302 g/mol. The molecular formula is C17H16ClFN2. The summed E-state index contributed by atoms with van der Waals surface area (Å²) in [6, 6.07) is 14.8. The number of rotatable bonds is 3. The smallest absolute Gasteiger partial charge is 0.184 e. The lowest BCUT2D eigenvalue weighted by Gasteiger charge is -2.16. The van der Waals surface area contributed by atoms with Gasteiger partial charge in [-0.2, -0.15) is 0 Å². The summed E-state index contributed by atoms with van der Waals surface area (Å²) in [5.41, 5.74) is 2.20. The third kappa shape index (κ3) is 2.42. The molecule has 1 heterocycles. The first-order chi connectivity index (χ1) is 10.1. The fraction of sp³-hybridized carbons (Fsp3) is 0.235. The largest absolute Gasteiger partial charge is 0.323 e. The lowest BCUT2D eigenvalue weighted by atomic mass is 10.1. The van der Waals surface area contributed by atoms with Crippen LogP contribution in [-0.2, 0) is 0 Å². The van der Waals surface area contributed by atoms with Gasteiger partial charge in [0.1, 0.15) is 5.82 Å². The van der Waals surface area contributed by atoms with Crippen molar-refractivity contribution in [1.82, 2.24) is 9.55 Å². The van der Waals surface area contributed by atoms with Crippen molar-refractivity contribution in [2.45, 2.75) is 26.1 Å². The van der Waals surface area contributed by atoms with Crippen LogP contribution in [0.25, 0.3) is 11.0 Å². The highest BCUT2D eigenvalue weighted by molar-refractivity contribution is 6.31. The number of fused-ring (bicyclic) bond motifs is 1. The van der Waals surface area contributed by atoms with Crippen molar-refractivity contribution < 1.29 is 4.39 Å². The molecule has 108 valence electrons. The average Bonchev–Trinajstić information content (AvgIpc) is 2.86. The summed E-state index contributed by atoms with van der Waals surface area (Å²) in [7, 11) is 0. The van der Waals surface area contributed by atoms with Gasteiger partial charge in [0.15, 0.2) is 6.17 Å². The van der Waals surface area contributed by atoms with Crippen LogP contribution in [0.2, 0.25) is 5.02 Å². The molecule has 0 aliphatic rings. The Hall–Kier alpha value is -1.87. The second-order valence-corrected chi connectivity index (χ2v) is 5.71. The van der Waals surface area contributed by atoms with Gasteiger partial charge in [-0.15, -0.1) is 0 Å². The van der Waals surface area contributed by atoms with Crippen LogP contribution >= 0.6 is 11.6 Å². The maximum atomic E-state index is 15.0. The lowest BCUT2D eigenvalue weighted by molar-refractivity contribution is 0.365. The summed E-state index contributed by atoms with van der Waals surface area (Å²) >= 11 is 6.12. The molecular weight excluding hydrogens is 287 g/mol. The summed E-state index contributed by atoms with van der Waals surface area (Å²) in [5, 5.41) is 0.423. The van der Waals surface area contributed by atoms with Crippen LogP contribution in [0.1, 0.15) is 37.4 Å². The van der Waals surface area contributed by atoms with Crippen LogP contribution in [0, 0.1) is 0 Å². The molecule has 4 heteroatoms. The molecule has 0 aliphatic heterocycles. The lowest BCUT2D eigenvalue weighted by Crippen LogP contribution is -2.09. The molecule has 0 N–H and O–H groups in total. The molecule has 1 unspecified atom stereocenters. The minimum atomic E-state index is -1.34. The molecule has 1 aromatic heterocycles. The highest BCUT2D eigenvalue weighted by Crippen LogP contribution is 2.34. The molecule has 1 atom stereocenters. The normalized spacial score (nSPS) is 13.0. The average molecular weight is 303 g/mol. The molecule has 0 saturated carbocycles. The Bertz CT molecular complexity index is 779. The fourth-order valence-electron chi connectivity index (χ4n) is 2.60. The summed E-state index contributed by atoms with van der Waals surface area (Å²) in [6.45, 7) is 4.05. The van der Waals surface area contributed by atoms with Crippen molar-refractivity contribution in [1.29, 1.82) is 0 Å². The van der Waals surface area contributed by atoms with E-state index in [-0.39, 0.29) is 6.04 Å². The van der Waals surface area contributed by atoms with Crippen molar-refractivity contribution in [2.75, 3.05) is 0 Å². The van der Waals surface area contributed by atoms with Gasteiger partial charge in [-0.3, -0.25) is 0 Å². The zero-order valence-corrected chi connectivity index (χ0v) is 12.7. The van der Waals surface area contributed by atoms with E-state index in [1.807, 2.05) is 42.7 Å². The van der Waals surface area contributed by atoms with Crippen molar-refractivity contribution in [3.8, 4) is 0 Å². The van der Waals surface area contributed by atoms with E-state index in [1.165, 1.54) is 0 Å². The number of para-hydroxylation sites is 2. The summed E-state index contributed by atoms with van der Waals surface area (Å²) in [6.07, 6.45) is -1.34. The van der Waals surface area contributed by atoms with Gasteiger partial charge in [-0.1, -0.05) is 41.9 Å². The number of nitrogens with zero attached hydrogens (tertiary/aromatic N) is 2. The molecule has 3 rings (SSSR count). The van der Waals surface area contributed by atoms with E-state index in [1.54, 1.807) is 24.3 Å². The first kappa shape index (κ1) is 14.1. The van der Waals surface area contributed by atoms with E-state index in [2.05, 4.69) is 4.98 Å². The highest BCUT2D eigenvalue weighted by atomic mass is 35.5. The highest BCUT2D eigenvalue weighted by Gasteiger charge is 2.24. The number of halogens is 2. The Morgan fingerprint density at radius 3 is 2.43 bits per heavy atom. The van der Waals surface area contributed by atoms with Gasteiger partial charge in [0, 0.05) is 16.6 Å². The van der Waals surface area contributed by atoms with Crippen molar-refractivity contribution in [3.63, 3.8) is 0 Å². The van der Waals surface area contributed by atoms with Gasteiger partial charge in [-0.25, -0.2) is 9.37 Å². The number of hydrogen-bond donors (Lipinski definition) is 0. The predicted molar refractivity (Wildman–Crippen MR) is 84.5 cm³/mol. The van der Waals surface area contributed by atoms with E-state index < -0.39 is 6.17 Å². The first-order valence-corrected chi connectivity index (χ1v) is 7.32. The number of aromatic nitrogens is 2. The molecule has 2 aromatic carbocycles. The van der Waals surface area contributed by atoms with Crippen molar-refractivity contribution >= 4 is 22.6 Å². The number of benzene rings is 2. The minimum absolute atomic E-state index is 0.119. The Balaban J connectivity index is 2.20. The number of alkyl halides is 1. The van der Waals surface area contributed by atoms with Crippen LogP contribution in [0.3, 0.4) is 0 Å². The van der Waals surface area contributed by atoms with E-state index >= 15 is 4.39 Å². The van der Waals surface area contributed by atoms with Crippen LogP contribution < -0.4 is 0 Å². The van der Waals surface area contributed by atoms with Crippen LogP contribution in [0.15, 0.2) is 48.5 Å². The third-order valence-electron chi connectivity index (χ3n) is 3.54. The maximum Gasteiger partial charge on any atom is 0.184 e.